The molecular weight excluding hydrogens is 386 g/mol. The third-order valence-electron chi connectivity index (χ3n) is 5.17. The standard InChI is InChI=1S/C17H26BrN5O2/c1-22-16(24)15(18)14(11-19-22)23-9-7-13(8-10-23)21-17(25)20-12-5-3-2-4-6-12/h11-13H,2-10H2,1H3,(H2,20,21,25). The molecular formula is C17H26BrN5O2. The van der Waals surface area contributed by atoms with Crippen LogP contribution in [-0.2, 0) is 7.05 Å². The Morgan fingerprint density at radius 3 is 2.36 bits per heavy atom. The number of piperidine rings is 1. The van der Waals surface area contributed by atoms with Crippen LogP contribution in [0.5, 0.6) is 0 Å². The summed E-state index contributed by atoms with van der Waals surface area (Å²) in [5, 5.41) is 10.3. The molecule has 2 fully saturated rings. The van der Waals surface area contributed by atoms with E-state index in [1.165, 1.54) is 23.9 Å². The van der Waals surface area contributed by atoms with Crippen molar-refractivity contribution in [1.29, 1.82) is 0 Å². The second-order valence-electron chi connectivity index (χ2n) is 6.99. The van der Waals surface area contributed by atoms with E-state index >= 15 is 0 Å². The first-order valence-electron chi connectivity index (χ1n) is 9.08. The lowest BCUT2D eigenvalue weighted by Crippen LogP contribution is -2.50. The van der Waals surface area contributed by atoms with Crippen LogP contribution in [0, 0.1) is 0 Å². The lowest BCUT2D eigenvalue weighted by atomic mass is 9.96. The molecule has 0 atom stereocenters. The molecule has 1 aromatic rings. The Hall–Kier alpha value is -1.57. The maximum absolute atomic E-state index is 12.2. The van der Waals surface area contributed by atoms with E-state index in [4.69, 9.17) is 0 Å². The Morgan fingerprint density at radius 2 is 1.72 bits per heavy atom. The molecule has 8 heteroatoms. The number of carbonyl (C=O) groups is 1. The van der Waals surface area contributed by atoms with Gasteiger partial charge in [0.2, 0.25) is 0 Å². The van der Waals surface area contributed by atoms with Gasteiger partial charge in [-0.05, 0) is 41.6 Å². The number of hydrogen-bond acceptors (Lipinski definition) is 4. The molecule has 1 aliphatic heterocycles. The molecule has 0 bridgehead atoms. The molecule has 1 aromatic heterocycles. The molecule has 0 unspecified atom stereocenters. The van der Waals surface area contributed by atoms with E-state index < -0.39 is 0 Å². The van der Waals surface area contributed by atoms with E-state index in [-0.39, 0.29) is 17.6 Å². The Labute approximate surface area is 156 Å². The van der Waals surface area contributed by atoms with Crippen LogP contribution in [0.3, 0.4) is 0 Å². The zero-order chi connectivity index (χ0) is 17.8. The highest BCUT2D eigenvalue weighted by Gasteiger charge is 2.24. The number of aromatic nitrogens is 2. The predicted octanol–water partition coefficient (Wildman–Crippen LogP) is 2.14. The van der Waals surface area contributed by atoms with Crippen molar-refractivity contribution in [3.05, 3.63) is 21.0 Å². The summed E-state index contributed by atoms with van der Waals surface area (Å²) in [6.07, 6.45) is 9.33. The lowest BCUT2D eigenvalue weighted by Gasteiger charge is -2.34. The highest BCUT2D eigenvalue weighted by molar-refractivity contribution is 9.10. The molecule has 1 saturated heterocycles. The van der Waals surface area contributed by atoms with E-state index in [0.29, 0.717) is 10.5 Å². The number of amides is 2. The Bertz CT molecular complexity index is 663. The first-order valence-corrected chi connectivity index (χ1v) is 9.87. The SMILES string of the molecule is Cn1ncc(N2CCC(NC(=O)NC3CCCCC3)CC2)c(Br)c1=O. The van der Waals surface area contributed by atoms with Crippen molar-refractivity contribution in [3.8, 4) is 0 Å². The van der Waals surface area contributed by atoms with Gasteiger partial charge in [0.15, 0.2) is 0 Å². The fourth-order valence-electron chi connectivity index (χ4n) is 3.65. The van der Waals surface area contributed by atoms with Crippen molar-refractivity contribution < 1.29 is 4.79 Å². The zero-order valence-corrected chi connectivity index (χ0v) is 16.2. The number of rotatable bonds is 3. The minimum Gasteiger partial charge on any atom is -0.369 e. The third-order valence-corrected chi connectivity index (χ3v) is 5.92. The zero-order valence-electron chi connectivity index (χ0n) is 14.6. The molecule has 2 amide bonds. The summed E-state index contributed by atoms with van der Waals surface area (Å²) >= 11 is 3.38. The van der Waals surface area contributed by atoms with Crippen LogP contribution in [0.25, 0.3) is 0 Å². The largest absolute Gasteiger partial charge is 0.369 e. The van der Waals surface area contributed by atoms with Gasteiger partial charge in [0.05, 0.1) is 11.9 Å². The average molecular weight is 412 g/mol. The minimum atomic E-state index is -0.135. The number of nitrogens with one attached hydrogen (secondary N) is 2. The van der Waals surface area contributed by atoms with Crippen molar-refractivity contribution in [3.63, 3.8) is 0 Å². The maximum atomic E-state index is 12.2. The first kappa shape index (κ1) is 18.2. The van der Waals surface area contributed by atoms with Crippen LogP contribution in [0.2, 0.25) is 0 Å². The summed E-state index contributed by atoms with van der Waals surface area (Å²) in [6.45, 7) is 1.59. The normalized spacial score (nSPS) is 19.7. The summed E-state index contributed by atoms with van der Waals surface area (Å²) < 4.78 is 1.86. The lowest BCUT2D eigenvalue weighted by molar-refractivity contribution is 0.226. The van der Waals surface area contributed by atoms with E-state index in [2.05, 4.69) is 36.6 Å². The van der Waals surface area contributed by atoms with Gasteiger partial charge in [0, 0.05) is 32.2 Å². The number of aryl methyl sites for hydroxylation is 1. The number of anilines is 1. The molecule has 2 N–H and O–H groups in total. The quantitative estimate of drug-likeness (QED) is 0.798. The monoisotopic (exact) mass is 411 g/mol. The second-order valence-corrected chi connectivity index (χ2v) is 7.78. The van der Waals surface area contributed by atoms with Crippen molar-refractivity contribution in [2.45, 2.75) is 57.0 Å². The van der Waals surface area contributed by atoms with Gasteiger partial charge in [-0.2, -0.15) is 5.10 Å². The van der Waals surface area contributed by atoms with Crippen LogP contribution in [0.1, 0.15) is 44.9 Å². The summed E-state index contributed by atoms with van der Waals surface area (Å²) in [5.74, 6) is 0. The third kappa shape index (κ3) is 4.54. The van der Waals surface area contributed by atoms with E-state index in [9.17, 15) is 9.59 Å². The molecule has 2 heterocycles. The minimum absolute atomic E-state index is 0.0400. The van der Waals surface area contributed by atoms with E-state index in [1.807, 2.05) is 0 Å². The summed E-state index contributed by atoms with van der Waals surface area (Å²) in [7, 11) is 1.64. The van der Waals surface area contributed by atoms with E-state index in [0.717, 1.165) is 44.5 Å². The van der Waals surface area contributed by atoms with Gasteiger partial charge < -0.3 is 15.5 Å². The van der Waals surface area contributed by atoms with Crippen molar-refractivity contribution in [2.75, 3.05) is 18.0 Å². The fourth-order valence-corrected chi connectivity index (χ4v) is 4.26. The molecule has 1 aliphatic carbocycles. The highest BCUT2D eigenvalue weighted by atomic mass is 79.9. The fraction of sp³-hybridized carbons (Fsp3) is 0.706. The van der Waals surface area contributed by atoms with Crippen molar-refractivity contribution in [1.82, 2.24) is 20.4 Å². The number of carbonyl (C=O) groups excluding carboxylic acids is 1. The van der Waals surface area contributed by atoms with Crippen molar-refractivity contribution >= 4 is 27.6 Å². The predicted molar refractivity (Wildman–Crippen MR) is 101 cm³/mol. The summed E-state index contributed by atoms with van der Waals surface area (Å²) in [5.41, 5.74) is 0.692. The average Bonchev–Trinajstić information content (AvgIpc) is 2.62. The van der Waals surface area contributed by atoms with Gasteiger partial charge in [-0.1, -0.05) is 19.3 Å². The number of urea groups is 1. The molecule has 0 radical (unpaired) electrons. The van der Waals surface area contributed by atoms with Gasteiger partial charge >= 0.3 is 6.03 Å². The van der Waals surface area contributed by atoms with Crippen LogP contribution in [-0.4, -0.2) is 41.0 Å². The number of halogens is 1. The molecule has 0 spiro atoms. The van der Waals surface area contributed by atoms with Gasteiger partial charge in [-0.15, -0.1) is 0 Å². The molecule has 1 saturated carbocycles. The van der Waals surface area contributed by atoms with Gasteiger partial charge in [0.25, 0.3) is 5.56 Å². The molecule has 138 valence electrons. The van der Waals surface area contributed by atoms with Crippen molar-refractivity contribution in [2.24, 2.45) is 7.05 Å². The smallest absolute Gasteiger partial charge is 0.315 e. The van der Waals surface area contributed by atoms with E-state index in [1.54, 1.807) is 13.2 Å². The van der Waals surface area contributed by atoms with Gasteiger partial charge in [-0.25, -0.2) is 9.48 Å². The van der Waals surface area contributed by atoms with Crippen LogP contribution in [0.4, 0.5) is 10.5 Å². The Kier molecular flexibility index (Phi) is 5.98. The molecule has 2 aliphatic rings. The maximum Gasteiger partial charge on any atom is 0.315 e. The Morgan fingerprint density at radius 1 is 1.12 bits per heavy atom. The number of nitrogens with zero attached hydrogens (tertiary/aromatic N) is 3. The topological polar surface area (TPSA) is 79.3 Å². The molecule has 3 rings (SSSR count). The first-order chi connectivity index (χ1) is 12.0. The number of hydrogen-bond donors (Lipinski definition) is 2. The van der Waals surface area contributed by atoms with Crippen LogP contribution >= 0.6 is 15.9 Å². The van der Waals surface area contributed by atoms with Gasteiger partial charge in [-0.3, -0.25) is 4.79 Å². The molecule has 7 nitrogen and oxygen atoms in total. The second kappa shape index (κ2) is 8.21. The Balaban J connectivity index is 1.49. The summed E-state index contributed by atoms with van der Waals surface area (Å²) in [4.78, 5) is 26.3. The highest BCUT2D eigenvalue weighted by Crippen LogP contribution is 2.25. The molecule has 25 heavy (non-hydrogen) atoms. The van der Waals surface area contributed by atoms with Gasteiger partial charge in [0.1, 0.15) is 4.47 Å². The van der Waals surface area contributed by atoms with Crippen LogP contribution < -0.4 is 21.1 Å². The molecule has 0 aromatic carbocycles. The van der Waals surface area contributed by atoms with Crippen LogP contribution in [0.15, 0.2) is 15.5 Å². The summed E-state index contributed by atoms with van der Waals surface area (Å²) in [6, 6.07) is 0.469.